The number of nitrogens with zero attached hydrogens (tertiary/aromatic N) is 2. The van der Waals surface area contributed by atoms with Crippen LogP contribution in [0.5, 0.6) is 0 Å². The van der Waals surface area contributed by atoms with Crippen LogP contribution in [0.2, 0.25) is 0 Å². The van der Waals surface area contributed by atoms with Gasteiger partial charge in [-0.05, 0) is 44.6 Å². The maximum Gasteiger partial charge on any atom is 0.102 e. The van der Waals surface area contributed by atoms with Gasteiger partial charge >= 0.3 is 0 Å². The Hall–Kier alpha value is -1.65. The summed E-state index contributed by atoms with van der Waals surface area (Å²) in [5, 5.41) is 18.5. The van der Waals surface area contributed by atoms with Crippen LogP contribution in [0.3, 0.4) is 0 Å². The van der Waals surface area contributed by atoms with Gasteiger partial charge in [0.05, 0.1) is 6.20 Å². The molecule has 0 saturated heterocycles. The molecular weight excluding hydrogens is 286 g/mol. The van der Waals surface area contributed by atoms with Gasteiger partial charge in [-0.1, -0.05) is 29.8 Å². The second-order valence-corrected chi connectivity index (χ2v) is 7.19. The molecule has 1 aliphatic rings. The highest BCUT2D eigenvalue weighted by molar-refractivity contribution is 5.22. The van der Waals surface area contributed by atoms with Gasteiger partial charge in [0.2, 0.25) is 0 Å². The third kappa shape index (κ3) is 4.21. The highest BCUT2D eigenvalue weighted by Gasteiger charge is 2.33. The van der Waals surface area contributed by atoms with E-state index in [9.17, 15) is 5.11 Å². The van der Waals surface area contributed by atoms with E-state index in [4.69, 9.17) is 0 Å². The molecule has 4 heteroatoms. The van der Waals surface area contributed by atoms with E-state index in [1.54, 1.807) is 10.9 Å². The van der Waals surface area contributed by atoms with Gasteiger partial charge in [0, 0.05) is 31.4 Å². The van der Waals surface area contributed by atoms with E-state index < -0.39 is 5.60 Å². The zero-order valence-corrected chi connectivity index (χ0v) is 14.3. The first-order chi connectivity index (χ1) is 10.9. The van der Waals surface area contributed by atoms with Crippen molar-refractivity contribution in [1.29, 1.82) is 0 Å². The summed E-state index contributed by atoms with van der Waals surface area (Å²) in [6.45, 7) is 4.52. The van der Waals surface area contributed by atoms with Crippen LogP contribution in [-0.4, -0.2) is 27.5 Å². The van der Waals surface area contributed by atoms with Crippen molar-refractivity contribution in [1.82, 2.24) is 15.1 Å². The quantitative estimate of drug-likeness (QED) is 0.826. The van der Waals surface area contributed by atoms with Gasteiger partial charge in [-0.2, -0.15) is 5.10 Å². The first kappa shape index (κ1) is 16.2. The fraction of sp³-hybridized carbons (Fsp3) is 0.526. The molecule has 4 nitrogen and oxygen atoms in total. The predicted molar refractivity (Wildman–Crippen MR) is 92.2 cm³/mol. The maximum absolute atomic E-state index is 10.7. The Balaban J connectivity index is 1.62. The Morgan fingerprint density at radius 2 is 2.04 bits per heavy atom. The molecule has 124 valence electrons. The van der Waals surface area contributed by atoms with Crippen molar-refractivity contribution < 1.29 is 5.11 Å². The standard InChI is InChI=1S/C19H27N3O/c1-14-4-6-15(7-5-14)10-18(16-8-9-16)20-13-19(2,23)17-11-21-22(3)12-17/h4-7,11-12,16,18,20,23H,8-10,13H2,1-3H3. The van der Waals surface area contributed by atoms with E-state index in [0.717, 1.165) is 17.9 Å². The molecule has 0 bridgehead atoms. The lowest BCUT2D eigenvalue weighted by Gasteiger charge is -2.27. The molecular formula is C19H27N3O. The summed E-state index contributed by atoms with van der Waals surface area (Å²) >= 11 is 0. The molecule has 2 N–H and O–H groups in total. The third-order valence-corrected chi connectivity index (χ3v) is 4.80. The van der Waals surface area contributed by atoms with E-state index in [-0.39, 0.29) is 0 Å². The summed E-state index contributed by atoms with van der Waals surface area (Å²) in [6, 6.07) is 9.20. The molecule has 1 heterocycles. The number of aliphatic hydroxyl groups is 1. The summed E-state index contributed by atoms with van der Waals surface area (Å²) < 4.78 is 1.73. The molecule has 2 unspecified atom stereocenters. The number of aromatic nitrogens is 2. The second-order valence-electron chi connectivity index (χ2n) is 7.19. The van der Waals surface area contributed by atoms with Crippen molar-refractivity contribution >= 4 is 0 Å². The molecule has 1 fully saturated rings. The minimum absolute atomic E-state index is 0.431. The number of rotatable bonds is 7. The molecule has 23 heavy (non-hydrogen) atoms. The third-order valence-electron chi connectivity index (χ3n) is 4.80. The van der Waals surface area contributed by atoms with Crippen LogP contribution < -0.4 is 5.32 Å². The molecule has 1 aliphatic carbocycles. The van der Waals surface area contributed by atoms with Gasteiger partial charge < -0.3 is 10.4 Å². The highest BCUT2D eigenvalue weighted by atomic mass is 16.3. The molecule has 0 amide bonds. The minimum atomic E-state index is -0.894. The lowest BCUT2D eigenvalue weighted by Crippen LogP contribution is -2.42. The van der Waals surface area contributed by atoms with E-state index in [2.05, 4.69) is 41.6 Å². The summed E-state index contributed by atoms with van der Waals surface area (Å²) in [6.07, 6.45) is 7.23. The van der Waals surface area contributed by atoms with Gasteiger partial charge in [0.25, 0.3) is 0 Å². The second kappa shape index (κ2) is 6.46. The van der Waals surface area contributed by atoms with Gasteiger partial charge in [0.1, 0.15) is 5.60 Å². The first-order valence-electron chi connectivity index (χ1n) is 8.44. The minimum Gasteiger partial charge on any atom is -0.384 e. The Morgan fingerprint density at radius 3 is 2.61 bits per heavy atom. The largest absolute Gasteiger partial charge is 0.384 e. The molecule has 2 atom stereocenters. The van der Waals surface area contributed by atoms with Crippen LogP contribution in [0.1, 0.15) is 36.5 Å². The fourth-order valence-electron chi connectivity index (χ4n) is 3.01. The summed E-state index contributed by atoms with van der Waals surface area (Å²) in [4.78, 5) is 0. The van der Waals surface area contributed by atoms with E-state index in [1.807, 2.05) is 20.2 Å². The van der Waals surface area contributed by atoms with Crippen molar-refractivity contribution in [3.05, 3.63) is 53.3 Å². The highest BCUT2D eigenvalue weighted by Crippen LogP contribution is 2.34. The smallest absolute Gasteiger partial charge is 0.102 e. The summed E-state index contributed by atoms with van der Waals surface area (Å²) in [5.74, 6) is 0.737. The molecule has 1 aromatic heterocycles. The van der Waals surface area contributed by atoms with Crippen LogP contribution in [0, 0.1) is 12.8 Å². The molecule has 1 aromatic carbocycles. The maximum atomic E-state index is 10.7. The number of nitrogens with one attached hydrogen (secondary N) is 1. The van der Waals surface area contributed by atoms with E-state index >= 15 is 0 Å². The number of hydrogen-bond donors (Lipinski definition) is 2. The molecule has 0 spiro atoms. The van der Waals surface area contributed by atoms with Crippen LogP contribution >= 0.6 is 0 Å². The topological polar surface area (TPSA) is 50.1 Å². The number of benzene rings is 1. The van der Waals surface area contributed by atoms with E-state index in [1.165, 1.54) is 24.0 Å². The fourth-order valence-corrected chi connectivity index (χ4v) is 3.01. The Labute approximate surface area is 138 Å². The average Bonchev–Trinajstić information content (AvgIpc) is 3.26. The number of aryl methyl sites for hydroxylation is 2. The van der Waals surface area contributed by atoms with Crippen LogP contribution in [0.25, 0.3) is 0 Å². The molecule has 1 saturated carbocycles. The van der Waals surface area contributed by atoms with E-state index in [0.29, 0.717) is 12.6 Å². The van der Waals surface area contributed by atoms with Crippen LogP contribution in [0.4, 0.5) is 0 Å². The van der Waals surface area contributed by atoms with Crippen molar-refractivity contribution in [2.75, 3.05) is 6.54 Å². The Kier molecular flexibility index (Phi) is 4.55. The van der Waals surface area contributed by atoms with Crippen LogP contribution in [-0.2, 0) is 19.1 Å². The van der Waals surface area contributed by atoms with Crippen molar-refractivity contribution in [3.8, 4) is 0 Å². The summed E-state index contributed by atoms with van der Waals surface area (Å²) in [5.41, 5.74) is 2.62. The van der Waals surface area contributed by atoms with Gasteiger partial charge in [-0.15, -0.1) is 0 Å². The normalized spacial score (nSPS) is 18.6. The molecule has 0 aliphatic heterocycles. The Morgan fingerprint density at radius 1 is 1.35 bits per heavy atom. The zero-order chi connectivity index (χ0) is 16.4. The van der Waals surface area contributed by atoms with Crippen molar-refractivity contribution in [3.63, 3.8) is 0 Å². The predicted octanol–water partition coefficient (Wildman–Crippen LogP) is 2.55. The lowest BCUT2D eigenvalue weighted by atomic mass is 9.96. The lowest BCUT2D eigenvalue weighted by molar-refractivity contribution is 0.0528. The molecule has 3 rings (SSSR count). The average molecular weight is 313 g/mol. The SMILES string of the molecule is Cc1ccc(CC(NCC(C)(O)c2cnn(C)c2)C2CC2)cc1. The van der Waals surface area contributed by atoms with Gasteiger partial charge in [-0.3, -0.25) is 4.68 Å². The number of hydrogen-bond acceptors (Lipinski definition) is 3. The van der Waals surface area contributed by atoms with Gasteiger partial charge in [0.15, 0.2) is 0 Å². The zero-order valence-electron chi connectivity index (χ0n) is 14.3. The first-order valence-corrected chi connectivity index (χ1v) is 8.44. The van der Waals surface area contributed by atoms with Crippen molar-refractivity contribution in [2.24, 2.45) is 13.0 Å². The summed E-state index contributed by atoms with van der Waals surface area (Å²) in [7, 11) is 1.87. The Bertz CT molecular complexity index is 641. The molecule has 2 aromatic rings. The van der Waals surface area contributed by atoms with Gasteiger partial charge in [-0.25, -0.2) is 0 Å². The monoisotopic (exact) mass is 313 g/mol. The molecule has 0 radical (unpaired) electrons. The van der Waals surface area contributed by atoms with Crippen LogP contribution in [0.15, 0.2) is 36.7 Å². The van der Waals surface area contributed by atoms with Crippen molar-refractivity contribution in [2.45, 2.75) is 44.8 Å².